The number of esters is 2. The van der Waals surface area contributed by atoms with Gasteiger partial charge in [-0.1, -0.05) is 12.1 Å². The van der Waals surface area contributed by atoms with Crippen LogP contribution >= 0.6 is 0 Å². The van der Waals surface area contributed by atoms with Gasteiger partial charge in [0.15, 0.2) is 5.69 Å². The van der Waals surface area contributed by atoms with Gasteiger partial charge in [-0.25, -0.2) is 19.4 Å². The first-order chi connectivity index (χ1) is 14.9. The molecule has 0 unspecified atom stereocenters. The van der Waals surface area contributed by atoms with E-state index in [-0.39, 0.29) is 30.2 Å². The van der Waals surface area contributed by atoms with E-state index in [0.717, 1.165) is 0 Å². The van der Waals surface area contributed by atoms with Crippen LogP contribution in [-0.4, -0.2) is 48.3 Å². The second-order valence-corrected chi connectivity index (χ2v) is 6.54. The van der Waals surface area contributed by atoms with E-state index < -0.39 is 24.0 Å². The van der Waals surface area contributed by atoms with Crippen molar-refractivity contribution in [3.63, 3.8) is 0 Å². The number of nitrogens with one attached hydrogen (secondary N) is 2. The summed E-state index contributed by atoms with van der Waals surface area (Å²) in [5.41, 5.74) is 1.55. The Morgan fingerprint density at radius 2 is 1.81 bits per heavy atom. The molecule has 0 saturated heterocycles. The number of aromatic nitrogens is 2. The number of aryl methyl sites for hydroxylation is 1. The minimum atomic E-state index is -0.799. The summed E-state index contributed by atoms with van der Waals surface area (Å²) >= 11 is 0. The Kier molecular flexibility index (Phi) is 6.81. The lowest BCUT2D eigenvalue weighted by molar-refractivity contribution is -0.139. The molecular formula is C21H22N4O6. The fraction of sp³-hybridized carbons (Fsp3) is 0.286. The van der Waals surface area contributed by atoms with Gasteiger partial charge in [-0.3, -0.25) is 4.98 Å². The Morgan fingerprint density at radius 1 is 1.06 bits per heavy atom. The third kappa shape index (κ3) is 5.16. The van der Waals surface area contributed by atoms with Crippen LogP contribution in [0.2, 0.25) is 0 Å². The number of methoxy groups -OCH3 is 1. The average molecular weight is 426 g/mol. The smallest absolute Gasteiger partial charge is 0.358 e. The maximum Gasteiger partial charge on any atom is 0.358 e. The molecule has 31 heavy (non-hydrogen) atoms. The third-order valence-corrected chi connectivity index (χ3v) is 4.44. The van der Waals surface area contributed by atoms with E-state index in [1.165, 1.54) is 19.5 Å². The first-order valence-electron chi connectivity index (χ1n) is 9.50. The Hall–Kier alpha value is -3.95. The van der Waals surface area contributed by atoms with E-state index >= 15 is 0 Å². The first-order valence-corrected chi connectivity index (χ1v) is 9.50. The highest BCUT2D eigenvalue weighted by molar-refractivity contribution is 5.95. The van der Waals surface area contributed by atoms with Gasteiger partial charge in [0.2, 0.25) is 0 Å². The molecule has 3 rings (SSSR count). The zero-order valence-corrected chi connectivity index (χ0v) is 17.3. The van der Waals surface area contributed by atoms with Crippen molar-refractivity contribution in [2.24, 2.45) is 0 Å². The van der Waals surface area contributed by atoms with Crippen molar-refractivity contribution in [3.05, 3.63) is 64.9 Å². The summed E-state index contributed by atoms with van der Waals surface area (Å²) in [7, 11) is 1.54. The molecule has 1 aromatic carbocycles. The largest absolute Gasteiger partial charge is 0.497 e. The summed E-state index contributed by atoms with van der Waals surface area (Å²) in [6.45, 7) is 3.19. The standard InChI is InChI=1S/C21H22N4O6/c1-4-30-20(27)17-16(11-31-19(26)15-10-22-12(2)9-23-15)24-21(28)25-18(17)13-5-7-14(29-3)8-6-13/h5-10,18H,4,11H2,1-3H3,(H2,24,25,28)/t18-/m0/s1. The number of benzene rings is 1. The first kappa shape index (κ1) is 21.8. The maximum absolute atomic E-state index is 12.7. The number of amides is 2. The van der Waals surface area contributed by atoms with Crippen LogP contribution in [0.25, 0.3) is 0 Å². The Bertz CT molecular complexity index is 1000. The van der Waals surface area contributed by atoms with Gasteiger partial charge in [-0.05, 0) is 31.5 Å². The van der Waals surface area contributed by atoms with Gasteiger partial charge < -0.3 is 24.8 Å². The SMILES string of the molecule is CCOC(=O)C1=C(COC(=O)c2cnc(C)cn2)NC(=O)N[C@H]1c1ccc(OC)cc1. The van der Waals surface area contributed by atoms with Crippen molar-refractivity contribution in [1.29, 1.82) is 0 Å². The number of carbonyl (C=O) groups is 3. The van der Waals surface area contributed by atoms with Gasteiger partial charge in [0.05, 0.1) is 42.9 Å². The minimum Gasteiger partial charge on any atom is -0.497 e. The van der Waals surface area contributed by atoms with Crippen LogP contribution in [0.5, 0.6) is 5.75 Å². The van der Waals surface area contributed by atoms with Crippen LogP contribution in [0.3, 0.4) is 0 Å². The van der Waals surface area contributed by atoms with Crippen LogP contribution in [0, 0.1) is 6.92 Å². The van der Waals surface area contributed by atoms with Crippen molar-refractivity contribution in [2.45, 2.75) is 19.9 Å². The van der Waals surface area contributed by atoms with Crippen molar-refractivity contribution >= 4 is 18.0 Å². The fourth-order valence-electron chi connectivity index (χ4n) is 2.94. The molecule has 1 aliphatic heterocycles. The zero-order chi connectivity index (χ0) is 22.4. The van der Waals surface area contributed by atoms with Crippen molar-refractivity contribution in [1.82, 2.24) is 20.6 Å². The predicted molar refractivity (Wildman–Crippen MR) is 108 cm³/mol. The van der Waals surface area contributed by atoms with Gasteiger partial charge in [0, 0.05) is 6.20 Å². The van der Waals surface area contributed by atoms with E-state index in [9.17, 15) is 14.4 Å². The van der Waals surface area contributed by atoms with Gasteiger partial charge in [0.25, 0.3) is 0 Å². The van der Waals surface area contributed by atoms with Gasteiger partial charge >= 0.3 is 18.0 Å². The van der Waals surface area contributed by atoms with Crippen LogP contribution in [0.4, 0.5) is 4.79 Å². The topological polar surface area (TPSA) is 129 Å². The van der Waals surface area contributed by atoms with Crippen molar-refractivity contribution in [2.75, 3.05) is 20.3 Å². The quantitative estimate of drug-likeness (QED) is 0.642. The normalized spacial score (nSPS) is 15.6. The molecule has 1 aromatic heterocycles. The van der Waals surface area contributed by atoms with E-state index in [1.807, 2.05) is 0 Å². The second kappa shape index (κ2) is 9.70. The lowest BCUT2D eigenvalue weighted by Gasteiger charge is -2.29. The molecule has 2 N–H and O–H groups in total. The maximum atomic E-state index is 12.7. The molecule has 0 aliphatic carbocycles. The predicted octanol–water partition coefficient (Wildman–Crippen LogP) is 1.82. The summed E-state index contributed by atoms with van der Waals surface area (Å²) in [5.74, 6) is -0.756. The molecule has 2 amide bonds. The molecule has 0 radical (unpaired) electrons. The Morgan fingerprint density at radius 3 is 2.42 bits per heavy atom. The van der Waals surface area contributed by atoms with E-state index in [0.29, 0.717) is 17.0 Å². The molecule has 1 aliphatic rings. The van der Waals surface area contributed by atoms with Crippen molar-refractivity contribution < 1.29 is 28.6 Å². The Balaban J connectivity index is 1.91. The summed E-state index contributed by atoms with van der Waals surface area (Å²) in [4.78, 5) is 45.2. The molecule has 10 nitrogen and oxygen atoms in total. The molecule has 0 fully saturated rings. The lowest BCUT2D eigenvalue weighted by Crippen LogP contribution is -2.47. The molecule has 10 heteroatoms. The van der Waals surface area contributed by atoms with Crippen LogP contribution in [0.15, 0.2) is 47.9 Å². The molecule has 1 atom stereocenters. The molecule has 0 spiro atoms. The fourth-order valence-corrected chi connectivity index (χ4v) is 2.94. The lowest BCUT2D eigenvalue weighted by atomic mass is 9.95. The number of ether oxygens (including phenoxy) is 3. The van der Waals surface area contributed by atoms with E-state index in [1.54, 1.807) is 38.1 Å². The number of rotatable bonds is 7. The number of nitrogens with zero attached hydrogens (tertiary/aromatic N) is 2. The second-order valence-electron chi connectivity index (χ2n) is 6.54. The Labute approximate surface area is 178 Å². The van der Waals surface area contributed by atoms with E-state index in [4.69, 9.17) is 14.2 Å². The number of hydrogen-bond acceptors (Lipinski definition) is 8. The zero-order valence-electron chi connectivity index (χ0n) is 17.3. The molecule has 2 aromatic rings. The third-order valence-electron chi connectivity index (χ3n) is 4.44. The van der Waals surface area contributed by atoms with Crippen LogP contribution in [0.1, 0.15) is 34.7 Å². The van der Waals surface area contributed by atoms with Crippen LogP contribution in [-0.2, 0) is 14.3 Å². The van der Waals surface area contributed by atoms with Crippen molar-refractivity contribution in [3.8, 4) is 5.75 Å². The summed E-state index contributed by atoms with van der Waals surface area (Å²) in [5, 5.41) is 5.24. The summed E-state index contributed by atoms with van der Waals surface area (Å²) < 4.78 is 15.6. The number of urea groups is 1. The van der Waals surface area contributed by atoms with E-state index in [2.05, 4.69) is 20.6 Å². The molecular weight excluding hydrogens is 404 g/mol. The summed E-state index contributed by atoms with van der Waals surface area (Å²) in [6.07, 6.45) is 2.73. The van der Waals surface area contributed by atoms with Gasteiger partial charge in [0.1, 0.15) is 12.4 Å². The highest BCUT2D eigenvalue weighted by atomic mass is 16.5. The molecule has 162 valence electrons. The van der Waals surface area contributed by atoms with Crippen LogP contribution < -0.4 is 15.4 Å². The highest BCUT2D eigenvalue weighted by Crippen LogP contribution is 2.29. The molecule has 0 saturated carbocycles. The van der Waals surface area contributed by atoms with Gasteiger partial charge in [-0.2, -0.15) is 0 Å². The number of hydrogen-bond donors (Lipinski definition) is 2. The number of carbonyl (C=O) groups excluding carboxylic acids is 3. The monoisotopic (exact) mass is 426 g/mol. The molecule has 2 heterocycles. The highest BCUT2D eigenvalue weighted by Gasteiger charge is 2.34. The minimum absolute atomic E-state index is 0.0100. The van der Waals surface area contributed by atoms with Gasteiger partial charge in [-0.15, -0.1) is 0 Å². The average Bonchev–Trinajstić information content (AvgIpc) is 2.77. The molecule has 0 bridgehead atoms. The summed E-state index contributed by atoms with van der Waals surface area (Å²) in [6, 6.07) is 5.52.